The van der Waals surface area contributed by atoms with Crippen LogP contribution in [0.3, 0.4) is 0 Å². The maximum Gasteiger partial charge on any atom is 0.229 e. The Morgan fingerprint density at radius 3 is 2.67 bits per heavy atom. The van der Waals surface area contributed by atoms with E-state index < -0.39 is 0 Å². The third-order valence-electron chi connectivity index (χ3n) is 5.48. The van der Waals surface area contributed by atoms with Crippen molar-refractivity contribution in [2.45, 2.75) is 37.1 Å². The lowest BCUT2D eigenvalue weighted by Crippen LogP contribution is -2.40. The predicted octanol–water partition coefficient (Wildman–Crippen LogP) is 1.80. The Morgan fingerprint density at radius 1 is 1.13 bits per heavy atom. The van der Waals surface area contributed by atoms with E-state index in [2.05, 4.69) is 34.7 Å². The van der Waals surface area contributed by atoms with Gasteiger partial charge in [0.25, 0.3) is 0 Å². The van der Waals surface area contributed by atoms with Gasteiger partial charge in [0.05, 0.1) is 43.4 Å². The summed E-state index contributed by atoms with van der Waals surface area (Å²) in [7, 11) is 1.85. The summed E-state index contributed by atoms with van der Waals surface area (Å²) in [6, 6.07) is 0.133. The average Bonchev–Trinajstić information content (AvgIpc) is 3.51. The predicted molar refractivity (Wildman–Crippen MR) is 116 cm³/mol. The zero-order chi connectivity index (χ0) is 20.5. The van der Waals surface area contributed by atoms with Gasteiger partial charge in [0.15, 0.2) is 5.82 Å². The van der Waals surface area contributed by atoms with Crippen molar-refractivity contribution in [3.05, 3.63) is 23.6 Å². The van der Waals surface area contributed by atoms with Crippen LogP contribution in [0.1, 0.15) is 12.8 Å². The van der Waals surface area contributed by atoms with Gasteiger partial charge in [-0.3, -0.25) is 4.68 Å². The summed E-state index contributed by atoms with van der Waals surface area (Å²) in [5.74, 6) is 0.998. The number of hydrogen-bond acceptors (Lipinski definition) is 10. The minimum Gasteiger partial charge on any atom is -0.371 e. The highest BCUT2D eigenvalue weighted by molar-refractivity contribution is 7.95. The summed E-state index contributed by atoms with van der Waals surface area (Å²) < 4.78 is 19.7. The molecule has 10 nitrogen and oxygen atoms in total. The Labute approximate surface area is 184 Å². The molecule has 2 aromatic rings. The van der Waals surface area contributed by atoms with Crippen LogP contribution < -0.4 is 15.4 Å². The van der Waals surface area contributed by atoms with Crippen LogP contribution in [0.25, 0.3) is 0 Å². The number of hydrogen-bond donors (Lipinski definition) is 3. The number of aryl methyl sites for hydroxylation is 1. The molecule has 3 saturated heterocycles. The highest BCUT2D eigenvalue weighted by Gasteiger charge is 2.48. The third kappa shape index (κ3) is 4.36. The lowest BCUT2D eigenvalue weighted by Gasteiger charge is -2.21. The summed E-state index contributed by atoms with van der Waals surface area (Å²) in [5.41, 5.74) is 0.804. The van der Waals surface area contributed by atoms with Gasteiger partial charge in [-0.1, -0.05) is 11.6 Å². The molecule has 0 bridgehead atoms. The highest BCUT2D eigenvalue weighted by Crippen LogP contribution is 2.32. The van der Waals surface area contributed by atoms with Gasteiger partial charge in [-0.15, -0.1) is 0 Å². The molecule has 5 heterocycles. The number of nitrogens with zero attached hydrogens (tertiary/aromatic N) is 5. The van der Waals surface area contributed by atoms with Crippen molar-refractivity contribution in [3.63, 3.8) is 0 Å². The Kier molecular flexibility index (Phi) is 5.98. The van der Waals surface area contributed by atoms with Crippen molar-refractivity contribution in [1.82, 2.24) is 28.8 Å². The standard InChI is InChI=1S/C18H25ClN8O2S/c1-26-8-11(6-21-26)22-18-20-7-12(19)17(24-18)23-13-9-28-16-14(10-29-15(13)16)25-30-27-4-2-3-5-27/h6-8,13-16,25H,2-5,9-10H2,1H3,(H2,20,22,23,24). The maximum absolute atomic E-state index is 6.34. The van der Waals surface area contributed by atoms with E-state index in [4.69, 9.17) is 21.1 Å². The van der Waals surface area contributed by atoms with E-state index in [0.29, 0.717) is 30.0 Å². The van der Waals surface area contributed by atoms with Crippen molar-refractivity contribution in [2.75, 3.05) is 36.9 Å². The first kappa shape index (κ1) is 20.3. The van der Waals surface area contributed by atoms with Gasteiger partial charge >= 0.3 is 0 Å². The molecule has 3 fully saturated rings. The van der Waals surface area contributed by atoms with E-state index in [9.17, 15) is 0 Å². The molecule has 2 aromatic heterocycles. The lowest BCUT2D eigenvalue weighted by molar-refractivity contribution is 0.0691. The maximum atomic E-state index is 6.34. The van der Waals surface area contributed by atoms with Crippen LogP contribution in [0.4, 0.5) is 17.5 Å². The molecule has 0 amide bonds. The van der Waals surface area contributed by atoms with Gasteiger partial charge in [0, 0.05) is 38.5 Å². The van der Waals surface area contributed by atoms with Gasteiger partial charge in [-0.2, -0.15) is 10.1 Å². The molecule has 5 rings (SSSR count). The second kappa shape index (κ2) is 8.85. The molecule has 3 aliphatic heterocycles. The SMILES string of the molecule is Cn1cc(Nc2ncc(Cl)c(NC3COC4C(NSN5CCCC5)COC34)n2)cn1. The fourth-order valence-corrected chi connectivity index (χ4v) is 5.04. The quantitative estimate of drug-likeness (QED) is 0.539. The van der Waals surface area contributed by atoms with Crippen LogP contribution in [0.2, 0.25) is 5.02 Å². The molecule has 4 atom stereocenters. The van der Waals surface area contributed by atoms with Gasteiger partial charge in [-0.05, 0) is 12.8 Å². The molecule has 30 heavy (non-hydrogen) atoms. The Hall–Kier alpha value is -1.63. The molecule has 0 aromatic carbocycles. The molecule has 0 radical (unpaired) electrons. The van der Waals surface area contributed by atoms with Crippen LogP contribution in [0.15, 0.2) is 18.6 Å². The normalized spacial score (nSPS) is 28.7. The first-order valence-electron chi connectivity index (χ1n) is 10.1. The van der Waals surface area contributed by atoms with E-state index in [1.807, 2.05) is 13.2 Å². The molecular formula is C18H25ClN8O2S. The number of fused-ring (bicyclic) bond motifs is 1. The van der Waals surface area contributed by atoms with Crippen molar-refractivity contribution in [2.24, 2.45) is 7.05 Å². The van der Waals surface area contributed by atoms with Crippen LogP contribution in [-0.4, -0.2) is 74.6 Å². The topological polar surface area (TPSA) is 101 Å². The molecule has 0 aliphatic carbocycles. The first-order chi connectivity index (χ1) is 14.7. The molecule has 0 saturated carbocycles. The van der Waals surface area contributed by atoms with Crippen LogP contribution in [-0.2, 0) is 16.5 Å². The van der Waals surface area contributed by atoms with Crippen LogP contribution >= 0.6 is 23.7 Å². The Balaban J connectivity index is 1.20. The van der Waals surface area contributed by atoms with E-state index in [1.165, 1.54) is 12.8 Å². The van der Waals surface area contributed by atoms with Gasteiger partial charge in [-0.25, -0.2) is 14.0 Å². The van der Waals surface area contributed by atoms with Crippen molar-refractivity contribution >= 4 is 41.2 Å². The van der Waals surface area contributed by atoms with Gasteiger partial charge in [0.2, 0.25) is 5.95 Å². The van der Waals surface area contributed by atoms with E-state index in [1.54, 1.807) is 29.2 Å². The van der Waals surface area contributed by atoms with Crippen molar-refractivity contribution < 1.29 is 9.47 Å². The second-order valence-electron chi connectivity index (χ2n) is 7.72. The Morgan fingerprint density at radius 2 is 1.90 bits per heavy atom. The second-order valence-corrected chi connectivity index (χ2v) is 9.06. The molecule has 3 N–H and O–H groups in total. The molecule has 4 unspecified atom stereocenters. The van der Waals surface area contributed by atoms with Crippen LogP contribution in [0, 0.1) is 0 Å². The Bertz CT molecular complexity index is 880. The molecule has 12 heteroatoms. The summed E-state index contributed by atoms with van der Waals surface area (Å²) in [6.45, 7) is 3.42. The summed E-state index contributed by atoms with van der Waals surface area (Å²) in [6.07, 6.45) is 7.62. The number of rotatable bonds is 7. The summed E-state index contributed by atoms with van der Waals surface area (Å²) >= 11 is 8.03. The fourth-order valence-electron chi connectivity index (χ4n) is 3.96. The van der Waals surface area contributed by atoms with E-state index in [0.717, 1.165) is 18.8 Å². The molecule has 3 aliphatic rings. The molecule has 162 valence electrons. The zero-order valence-electron chi connectivity index (χ0n) is 16.6. The number of anilines is 3. The van der Waals surface area contributed by atoms with Crippen LogP contribution in [0.5, 0.6) is 0 Å². The van der Waals surface area contributed by atoms with Crippen molar-refractivity contribution in [1.29, 1.82) is 0 Å². The lowest BCUT2D eigenvalue weighted by atomic mass is 10.1. The summed E-state index contributed by atoms with van der Waals surface area (Å²) in [5, 5.41) is 11.1. The number of ether oxygens (including phenoxy) is 2. The smallest absolute Gasteiger partial charge is 0.229 e. The van der Waals surface area contributed by atoms with Gasteiger partial charge < -0.3 is 20.1 Å². The molecule has 0 spiro atoms. The minimum atomic E-state index is -0.0533. The number of aromatic nitrogens is 4. The van der Waals surface area contributed by atoms with Gasteiger partial charge in [0.1, 0.15) is 17.2 Å². The monoisotopic (exact) mass is 452 g/mol. The highest BCUT2D eigenvalue weighted by atomic mass is 35.5. The largest absolute Gasteiger partial charge is 0.371 e. The zero-order valence-corrected chi connectivity index (χ0v) is 18.2. The average molecular weight is 453 g/mol. The number of nitrogens with one attached hydrogen (secondary N) is 3. The van der Waals surface area contributed by atoms with Crippen molar-refractivity contribution in [3.8, 4) is 0 Å². The first-order valence-corrected chi connectivity index (χ1v) is 11.3. The number of halogens is 1. The van der Waals surface area contributed by atoms with E-state index >= 15 is 0 Å². The van der Waals surface area contributed by atoms with E-state index in [-0.39, 0.29) is 24.3 Å². The third-order valence-corrected chi connectivity index (χ3v) is 6.79. The fraction of sp³-hybridized carbons (Fsp3) is 0.611. The summed E-state index contributed by atoms with van der Waals surface area (Å²) in [4.78, 5) is 8.77. The minimum absolute atomic E-state index is 0.00574. The molecular weight excluding hydrogens is 428 g/mol.